The van der Waals surface area contributed by atoms with Crippen LogP contribution in [0.4, 0.5) is 11.4 Å². The van der Waals surface area contributed by atoms with Crippen molar-refractivity contribution in [3.63, 3.8) is 0 Å². The second-order valence-electron chi connectivity index (χ2n) is 19.1. The molecule has 2 heterocycles. The van der Waals surface area contributed by atoms with Crippen molar-refractivity contribution >= 4 is 91.7 Å². The minimum Gasteiger partial charge on any atom is -0.338 e. The molecule has 12 heteroatoms. The zero-order chi connectivity index (χ0) is 47.8. The van der Waals surface area contributed by atoms with Crippen LogP contribution in [0.25, 0.3) is 44.8 Å². The SMILES string of the molecule is CC(C)(C)c1ccc(C(C)(C)C)c(NC(=O)c2ccc3nc(-c4c(Cl)cccc4Cl)[nH]c3c2)c1.CC(C)c1cccc(C(C)C)c1NC(=O)c1ccc2nc(-c3c(Cl)cccc3Cl)[nH]c2c1. The van der Waals surface area contributed by atoms with Gasteiger partial charge in [-0.15, -0.1) is 0 Å². The van der Waals surface area contributed by atoms with Crippen molar-refractivity contribution < 1.29 is 9.59 Å². The molecule has 8 aromatic rings. The minimum atomic E-state index is -0.176. The largest absolute Gasteiger partial charge is 0.338 e. The zero-order valence-corrected chi connectivity index (χ0v) is 41.8. The molecule has 0 radical (unpaired) electrons. The first kappa shape index (κ1) is 48.3. The van der Waals surface area contributed by atoms with Gasteiger partial charge in [0.15, 0.2) is 0 Å². The maximum Gasteiger partial charge on any atom is 0.255 e. The van der Waals surface area contributed by atoms with E-state index in [0.29, 0.717) is 65.8 Å². The Morgan fingerprint density at radius 2 is 0.955 bits per heavy atom. The summed E-state index contributed by atoms with van der Waals surface area (Å²) < 4.78 is 0. The van der Waals surface area contributed by atoms with Gasteiger partial charge >= 0.3 is 0 Å². The Balaban J connectivity index is 0.000000197. The first-order chi connectivity index (χ1) is 31.1. The summed E-state index contributed by atoms with van der Waals surface area (Å²) in [5, 5.41) is 8.37. The van der Waals surface area contributed by atoms with E-state index in [1.54, 1.807) is 60.7 Å². The normalized spacial score (nSPS) is 11.9. The number of carbonyl (C=O) groups excluding carboxylic acids is 2. The minimum absolute atomic E-state index is 0.0267. The molecule has 4 N–H and O–H groups in total. The monoisotopic (exact) mass is 958 g/mol. The molecule has 2 aromatic heterocycles. The molecule has 0 spiro atoms. The summed E-state index contributed by atoms with van der Waals surface area (Å²) in [5.41, 5.74) is 11.4. The maximum absolute atomic E-state index is 13.3. The maximum atomic E-state index is 13.3. The predicted molar refractivity (Wildman–Crippen MR) is 277 cm³/mol. The van der Waals surface area contributed by atoms with Crippen LogP contribution < -0.4 is 10.6 Å². The highest BCUT2D eigenvalue weighted by Gasteiger charge is 2.24. The van der Waals surface area contributed by atoms with Gasteiger partial charge in [0.25, 0.3) is 11.8 Å². The molecule has 0 aliphatic rings. The van der Waals surface area contributed by atoms with E-state index in [-0.39, 0.29) is 22.6 Å². The molecule has 0 fully saturated rings. The summed E-state index contributed by atoms with van der Waals surface area (Å²) in [4.78, 5) is 42.2. The number of hydrogen-bond acceptors (Lipinski definition) is 4. The second kappa shape index (κ2) is 19.3. The Morgan fingerprint density at radius 3 is 1.36 bits per heavy atom. The van der Waals surface area contributed by atoms with Crippen molar-refractivity contribution in [2.75, 3.05) is 10.6 Å². The Bertz CT molecular complexity index is 3050. The van der Waals surface area contributed by atoms with Crippen LogP contribution >= 0.6 is 46.4 Å². The van der Waals surface area contributed by atoms with Gasteiger partial charge < -0.3 is 20.6 Å². The zero-order valence-electron chi connectivity index (χ0n) is 38.8. The Kier molecular flexibility index (Phi) is 14.1. The standard InChI is InChI=1S/C28H29Cl2N3O.C26H25Cl2N3O/c1-27(2,3)17-11-12-18(28(4,5)6)22(15-17)33-26(34)16-10-13-21-23(14-16)32-25(31-21)24-19(29)8-7-9-20(24)30;1-14(2)17-7-5-8-18(15(3)4)24(17)31-26(32)16-11-12-21-22(13-16)30-25(29-21)23-19(27)9-6-10-20(23)28/h7-15H,1-6H3,(H,31,32)(H,33,34);5-15H,1-4H3,(H,29,30)(H,31,32). The lowest BCUT2D eigenvalue weighted by Crippen LogP contribution is -2.20. The van der Waals surface area contributed by atoms with Crippen molar-refractivity contribution in [3.8, 4) is 22.8 Å². The van der Waals surface area contributed by atoms with Crippen molar-refractivity contribution in [2.24, 2.45) is 0 Å². The first-order valence-corrected chi connectivity index (χ1v) is 23.4. The number of carbonyl (C=O) groups is 2. The van der Waals surface area contributed by atoms with Crippen LogP contribution in [0.3, 0.4) is 0 Å². The Labute approximate surface area is 406 Å². The number of nitrogens with zero attached hydrogens (tertiary/aromatic N) is 2. The Morgan fingerprint density at radius 1 is 0.530 bits per heavy atom. The summed E-state index contributed by atoms with van der Waals surface area (Å²) in [6.45, 7) is 21.5. The number of benzene rings is 6. The number of H-pyrrole nitrogens is 2. The van der Waals surface area contributed by atoms with Gasteiger partial charge in [-0.2, -0.15) is 0 Å². The number of aromatic nitrogens is 4. The van der Waals surface area contributed by atoms with Gasteiger partial charge in [0.1, 0.15) is 11.6 Å². The van der Waals surface area contributed by atoms with E-state index in [2.05, 4.69) is 136 Å². The second-order valence-corrected chi connectivity index (χ2v) is 20.7. The molecule has 2 amide bonds. The summed E-state index contributed by atoms with van der Waals surface area (Å²) in [5.74, 6) is 1.39. The number of amides is 2. The summed E-state index contributed by atoms with van der Waals surface area (Å²) >= 11 is 25.4. The molecular weight excluding hydrogens is 906 g/mol. The van der Waals surface area contributed by atoms with Crippen LogP contribution in [0.2, 0.25) is 20.1 Å². The number of aromatic amines is 2. The number of anilines is 2. The molecule has 0 bridgehead atoms. The number of imidazole rings is 2. The fraction of sp³-hybridized carbons (Fsp3) is 0.259. The third kappa shape index (κ3) is 10.5. The van der Waals surface area contributed by atoms with E-state index >= 15 is 0 Å². The lowest BCUT2D eigenvalue weighted by Gasteiger charge is -2.27. The molecule has 0 saturated heterocycles. The highest BCUT2D eigenvalue weighted by Crippen LogP contribution is 2.38. The van der Waals surface area contributed by atoms with Crippen LogP contribution in [0.5, 0.6) is 0 Å². The molecule has 0 unspecified atom stereocenters. The van der Waals surface area contributed by atoms with Crippen LogP contribution in [-0.4, -0.2) is 31.8 Å². The van der Waals surface area contributed by atoms with Crippen LogP contribution in [0, 0.1) is 0 Å². The molecular formula is C54H54Cl4N6O2. The highest BCUT2D eigenvalue weighted by molar-refractivity contribution is 6.39. The van der Waals surface area contributed by atoms with Crippen LogP contribution in [0.1, 0.15) is 124 Å². The van der Waals surface area contributed by atoms with Gasteiger partial charge in [-0.1, -0.05) is 158 Å². The van der Waals surface area contributed by atoms with Crippen molar-refractivity contribution in [2.45, 2.75) is 91.9 Å². The molecule has 0 atom stereocenters. The average Bonchev–Trinajstić information content (AvgIpc) is 3.86. The number of hydrogen-bond donors (Lipinski definition) is 4. The number of para-hydroxylation sites is 1. The van der Waals surface area contributed by atoms with E-state index in [0.717, 1.165) is 50.1 Å². The molecule has 340 valence electrons. The topological polar surface area (TPSA) is 116 Å². The third-order valence-electron chi connectivity index (χ3n) is 11.4. The first-order valence-electron chi connectivity index (χ1n) is 21.9. The van der Waals surface area contributed by atoms with Gasteiger partial charge in [-0.25, -0.2) is 9.97 Å². The van der Waals surface area contributed by atoms with E-state index in [1.165, 1.54) is 5.56 Å². The summed E-state index contributed by atoms with van der Waals surface area (Å²) in [6, 6.07) is 34.0. The molecule has 0 aliphatic carbocycles. The Hall–Kier alpha value is -5.64. The van der Waals surface area contributed by atoms with Gasteiger partial charge in [-0.05, 0) is 112 Å². The van der Waals surface area contributed by atoms with Gasteiger partial charge in [0.05, 0.1) is 53.3 Å². The quantitative estimate of drug-likeness (QED) is 0.121. The molecule has 8 nitrogen and oxygen atoms in total. The smallest absolute Gasteiger partial charge is 0.255 e. The van der Waals surface area contributed by atoms with E-state index in [4.69, 9.17) is 46.4 Å². The number of nitrogens with one attached hydrogen (secondary N) is 4. The molecule has 0 aliphatic heterocycles. The van der Waals surface area contributed by atoms with E-state index in [1.807, 2.05) is 12.1 Å². The lowest BCUT2D eigenvalue weighted by molar-refractivity contribution is 0.101. The highest BCUT2D eigenvalue weighted by atomic mass is 35.5. The van der Waals surface area contributed by atoms with E-state index < -0.39 is 0 Å². The van der Waals surface area contributed by atoms with Crippen LogP contribution in [0.15, 0.2) is 109 Å². The molecule has 66 heavy (non-hydrogen) atoms. The van der Waals surface area contributed by atoms with Gasteiger partial charge in [0.2, 0.25) is 0 Å². The van der Waals surface area contributed by atoms with Crippen LogP contribution in [-0.2, 0) is 10.8 Å². The summed E-state index contributed by atoms with van der Waals surface area (Å²) in [7, 11) is 0. The third-order valence-corrected chi connectivity index (χ3v) is 12.7. The molecule has 0 saturated carbocycles. The average molecular weight is 961 g/mol. The predicted octanol–water partition coefficient (Wildman–Crippen LogP) is 16.4. The molecule has 8 rings (SSSR count). The van der Waals surface area contributed by atoms with Crippen molar-refractivity contribution in [1.29, 1.82) is 0 Å². The number of halogens is 4. The lowest BCUT2D eigenvalue weighted by atomic mass is 9.81. The molecule has 6 aromatic carbocycles. The van der Waals surface area contributed by atoms with Crippen molar-refractivity contribution in [1.82, 2.24) is 19.9 Å². The van der Waals surface area contributed by atoms with Crippen molar-refractivity contribution in [3.05, 3.63) is 163 Å². The number of fused-ring (bicyclic) bond motifs is 2. The number of rotatable bonds is 8. The fourth-order valence-corrected chi connectivity index (χ4v) is 8.98. The van der Waals surface area contributed by atoms with Gasteiger partial charge in [0, 0.05) is 22.5 Å². The fourth-order valence-electron chi connectivity index (χ4n) is 7.83. The summed E-state index contributed by atoms with van der Waals surface area (Å²) in [6.07, 6.45) is 0. The van der Waals surface area contributed by atoms with E-state index in [9.17, 15) is 9.59 Å². The van der Waals surface area contributed by atoms with Gasteiger partial charge in [-0.3, -0.25) is 9.59 Å².